The van der Waals surface area contributed by atoms with E-state index in [4.69, 9.17) is 0 Å². The van der Waals surface area contributed by atoms with Gasteiger partial charge >= 0.3 is 0 Å². The normalized spacial score (nSPS) is 10.7. The van der Waals surface area contributed by atoms with Crippen LogP contribution >= 0.6 is 0 Å². The molecule has 0 spiro atoms. The van der Waals surface area contributed by atoms with Crippen LogP contribution in [0.15, 0.2) is 18.2 Å². The van der Waals surface area contributed by atoms with Gasteiger partial charge in [0, 0.05) is 0 Å². The first-order valence-corrected chi connectivity index (χ1v) is 4.38. The van der Waals surface area contributed by atoms with E-state index in [0.29, 0.717) is 11.7 Å². The molecule has 1 heteroatoms. The SMILES string of the molecule is Cc1ccc(CC(C)C)c(O)c1. The van der Waals surface area contributed by atoms with Gasteiger partial charge in [0.15, 0.2) is 0 Å². The third-order valence-electron chi connectivity index (χ3n) is 1.87. The van der Waals surface area contributed by atoms with Crippen molar-refractivity contribution in [3.8, 4) is 5.75 Å². The molecular weight excluding hydrogens is 148 g/mol. The molecule has 1 aromatic rings. The summed E-state index contributed by atoms with van der Waals surface area (Å²) in [4.78, 5) is 0. The second-order valence-electron chi connectivity index (χ2n) is 3.73. The van der Waals surface area contributed by atoms with Gasteiger partial charge in [0.05, 0.1) is 0 Å². The second kappa shape index (κ2) is 3.61. The van der Waals surface area contributed by atoms with Gasteiger partial charge in [-0.3, -0.25) is 0 Å². The summed E-state index contributed by atoms with van der Waals surface area (Å²) in [6.45, 7) is 6.29. The zero-order valence-electron chi connectivity index (χ0n) is 7.96. The lowest BCUT2D eigenvalue weighted by Gasteiger charge is -2.07. The average molecular weight is 164 g/mol. The maximum absolute atomic E-state index is 9.54. The van der Waals surface area contributed by atoms with Gasteiger partial charge in [0.2, 0.25) is 0 Å². The molecule has 0 atom stereocenters. The molecule has 1 N–H and O–H groups in total. The topological polar surface area (TPSA) is 20.2 Å². The van der Waals surface area contributed by atoms with Crippen LogP contribution in [-0.2, 0) is 6.42 Å². The van der Waals surface area contributed by atoms with Crippen LogP contribution in [0.2, 0.25) is 0 Å². The standard InChI is InChI=1S/C11H16O/c1-8(2)6-10-5-4-9(3)7-11(10)12/h4-5,7-8,12H,6H2,1-3H3. The molecule has 0 saturated carbocycles. The Kier molecular flexibility index (Phi) is 2.74. The summed E-state index contributed by atoms with van der Waals surface area (Å²) in [6.07, 6.45) is 0.951. The molecule has 0 unspecified atom stereocenters. The first kappa shape index (κ1) is 9.11. The summed E-state index contributed by atoms with van der Waals surface area (Å²) in [5.74, 6) is 1.03. The van der Waals surface area contributed by atoms with Gasteiger partial charge in [-0.1, -0.05) is 26.0 Å². The molecule has 66 valence electrons. The van der Waals surface area contributed by atoms with Crippen LogP contribution in [0, 0.1) is 12.8 Å². The number of phenols is 1. The van der Waals surface area contributed by atoms with Gasteiger partial charge in [0.1, 0.15) is 5.75 Å². The van der Waals surface area contributed by atoms with E-state index in [9.17, 15) is 5.11 Å². The van der Waals surface area contributed by atoms with E-state index in [2.05, 4.69) is 13.8 Å². The zero-order chi connectivity index (χ0) is 9.14. The van der Waals surface area contributed by atoms with E-state index in [0.717, 1.165) is 17.5 Å². The minimum absolute atomic E-state index is 0.434. The molecule has 0 aromatic heterocycles. The Bertz CT molecular complexity index is 264. The highest BCUT2D eigenvalue weighted by Crippen LogP contribution is 2.21. The number of aromatic hydroxyl groups is 1. The summed E-state index contributed by atoms with van der Waals surface area (Å²) in [6, 6.07) is 5.86. The molecule has 0 amide bonds. The van der Waals surface area contributed by atoms with Gasteiger partial charge in [-0.05, 0) is 36.5 Å². The summed E-state index contributed by atoms with van der Waals surface area (Å²) in [5.41, 5.74) is 2.16. The lowest BCUT2D eigenvalue weighted by Crippen LogP contribution is -1.94. The fourth-order valence-electron chi connectivity index (χ4n) is 1.29. The molecule has 1 aromatic carbocycles. The summed E-state index contributed by atoms with van der Waals surface area (Å²) in [7, 11) is 0. The van der Waals surface area contributed by atoms with E-state index in [1.165, 1.54) is 0 Å². The Morgan fingerprint density at radius 3 is 2.50 bits per heavy atom. The molecule has 12 heavy (non-hydrogen) atoms. The van der Waals surface area contributed by atoms with E-state index in [1.807, 2.05) is 25.1 Å². The van der Waals surface area contributed by atoms with Crippen molar-refractivity contribution in [2.45, 2.75) is 27.2 Å². The maximum atomic E-state index is 9.54. The first-order valence-electron chi connectivity index (χ1n) is 4.38. The predicted molar refractivity (Wildman–Crippen MR) is 51.4 cm³/mol. The van der Waals surface area contributed by atoms with Gasteiger partial charge in [-0.2, -0.15) is 0 Å². The van der Waals surface area contributed by atoms with Crippen molar-refractivity contribution in [2.75, 3.05) is 0 Å². The van der Waals surface area contributed by atoms with Crippen LogP contribution in [0.3, 0.4) is 0 Å². The predicted octanol–water partition coefficient (Wildman–Crippen LogP) is 2.90. The first-order chi connectivity index (χ1) is 5.59. The molecule has 1 nitrogen and oxygen atoms in total. The number of benzene rings is 1. The highest BCUT2D eigenvalue weighted by molar-refractivity contribution is 5.35. The number of phenolic OH excluding ortho intramolecular Hbond substituents is 1. The van der Waals surface area contributed by atoms with Crippen LogP contribution in [0.25, 0.3) is 0 Å². The molecule has 0 fully saturated rings. The van der Waals surface area contributed by atoms with E-state index >= 15 is 0 Å². The fraction of sp³-hybridized carbons (Fsp3) is 0.455. The molecule has 1 rings (SSSR count). The average Bonchev–Trinajstić information content (AvgIpc) is 1.94. The Morgan fingerprint density at radius 1 is 1.33 bits per heavy atom. The van der Waals surface area contributed by atoms with Crippen molar-refractivity contribution in [1.29, 1.82) is 0 Å². The minimum atomic E-state index is 0.434. The van der Waals surface area contributed by atoms with E-state index < -0.39 is 0 Å². The number of hydrogen-bond donors (Lipinski definition) is 1. The van der Waals surface area contributed by atoms with Crippen LogP contribution in [-0.4, -0.2) is 5.11 Å². The third-order valence-corrected chi connectivity index (χ3v) is 1.87. The summed E-state index contributed by atoms with van der Waals surface area (Å²) < 4.78 is 0. The second-order valence-corrected chi connectivity index (χ2v) is 3.73. The molecule has 0 aliphatic carbocycles. The van der Waals surface area contributed by atoms with Crippen LogP contribution in [0.4, 0.5) is 0 Å². The molecule has 0 saturated heterocycles. The lowest BCUT2D eigenvalue weighted by atomic mass is 10.0. The van der Waals surface area contributed by atoms with Gasteiger partial charge in [0.25, 0.3) is 0 Å². The monoisotopic (exact) mass is 164 g/mol. The Morgan fingerprint density at radius 2 is 2.00 bits per heavy atom. The van der Waals surface area contributed by atoms with E-state index in [-0.39, 0.29) is 0 Å². The third kappa shape index (κ3) is 2.26. The van der Waals surface area contributed by atoms with Crippen LogP contribution in [0.1, 0.15) is 25.0 Å². The Hall–Kier alpha value is -0.980. The number of aryl methyl sites for hydroxylation is 1. The Balaban J connectivity index is 2.86. The van der Waals surface area contributed by atoms with Crippen LogP contribution in [0.5, 0.6) is 5.75 Å². The summed E-state index contributed by atoms with van der Waals surface area (Å²) in [5, 5.41) is 9.54. The zero-order valence-corrected chi connectivity index (χ0v) is 7.96. The lowest BCUT2D eigenvalue weighted by molar-refractivity contribution is 0.462. The smallest absolute Gasteiger partial charge is 0.119 e. The number of hydrogen-bond acceptors (Lipinski definition) is 1. The number of rotatable bonds is 2. The van der Waals surface area contributed by atoms with E-state index in [1.54, 1.807) is 0 Å². The van der Waals surface area contributed by atoms with Gasteiger partial charge in [-0.25, -0.2) is 0 Å². The van der Waals surface area contributed by atoms with Crippen molar-refractivity contribution in [1.82, 2.24) is 0 Å². The van der Waals surface area contributed by atoms with Crippen molar-refractivity contribution in [3.63, 3.8) is 0 Å². The molecule has 0 aliphatic rings. The van der Waals surface area contributed by atoms with Gasteiger partial charge in [-0.15, -0.1) is 0 Å². The molecule has 0 heterocycles. The minimum Gasteiger partial charge on any atom is -0.508 e. The highest BCUT2D eigenvalue weighted by atomic mass is 16.3. The maximum Gasteiger partial charge on any atom is 0.119 e. The van der Waals surface area contributed by atoms with Crippen molar-refractivity contribution in [2.24, 2.45) is 5.92 Å². The molecule has 0 aliphatic heterocycles. The Labute approximate surface area is 74.1 Å². The quantitative estimate of drug-likeness (QED) is 0.712. The van der Waals surface area contributed by atoms with Crippen molar-refractivity contribution < 1.29 is 5.11 Å². The van der Waals surface area contributed by atoms with Crippen LogP contribution < -0.4 is 0 Å². The van der Waals surface area contributed by atoms with Crippen molar-refractivity contribution in [3.05, 3.63) is 29.3 Å². The summed E-state index contributed by atoms with van der Waals surface area (Å²) >= 11 is 0. The molecular formula is C11H16O. The van der Waals surface area contributed by atoms with Gasteiger partial charge < -0.3 is 5.11 Å². The van der Waals surface area contributed by atoms with Crippen molar-refractivity contribution >= 4 is 0 Å². The fourth-order valence-corrected chi connectivity index (χ4v) is 1.29. The highest BCUT2D eigenvalue weighted by Gasteiger charge is 2.02. The molecule has 0 radical (unpaired) electrons. The molecule has 0 bridgehead atoms. The largest absolute Gasteiger partial charge is 0.508 e.